The summed E-state index contributed by atoms with van der Waals surface area (Å²) in [6.07, 6.45) is -16.2. The Morgan fingerprint density at radius 2 is 1.12 bits per heavy atom. The first kappa shape index (κ1) is 36.8. The van der Waals surface area contributed by atoms with Gasteiger partial charge in [0.05, 0.1) is 19.8 Å². The summed E-state index contributed by atoms with van der Waals surface area (Å²) in [4.78, 5) is 0. The van der Waals surface area contributed by atoms with E-state index in [9.17, 15) is 46.0 Å². The molecule has 254 valence electrons. The van der Waals surface area contributed by atoms with E-state index in [-0.39, 0.29) is 6.61 Å². The topological polar surface area (TPSA) is 247 Å². The van der Waals surface area contributed by atoms with Gasteiger partial charge in [-0.2, -0.15) is 0 Å². The van der Waals surface area contributed by atoms with Crippen LogP contribution in [-0.4, -0.2) is 172 Å². The maximum atomic E-state index is 11.1. The van der Waals surface area contributed by atoms with Gasteiger partial charge < -0.3 is 79.1 Å². The second-order valence-corrected chi connectivity index (χ2v) is 11.2. The molecule has 0 saturated carbocycles. The molecule has 0 amide bonds. The minimum atomic E-state index is -1.70. The molecular weight excluding hydrogens is 580 g/mol. The lowest BCUT2D eigenvalue weighted by atomic mass is 9.96. The lowest BCUT2D eigenvalue weighted by Gasteiger charge is -2.47. The molecule has 3 saturated heterocycles. The smallest absolute Gasteiger partial charge is 0.187 e. The molecule has 16 nitrogen and oxygen atoms in total. The molecule has 3 fully saturated rings. The van der Waals surface area contributed by atoms with Crippen molar-refractivity contribution >= 4 is 0 Å². The van der Waals surface area contributed by atoms with E-state index in [2.05, 4.69) is 6.92 Å². The minimum Gasteiger partial charge on any atom is -0.394 e. The Hall–Kier alpha value is -0.640. The summed E-state index contributed by atoms with van der Waals surface area (Å²) >= 11 is 0. The van der Waals surface area contributed by atoms with Crippen LogP contribution < -0.4 is 0 Å². The first-order chi connectivity index (χ1) is 20.6. The molecule has 0 unspecified atom stereocenters. The van der Waals surface area contributed by atoms with Gasteiger partial charge >= 0.3 is 0 Å². The molecule has 3 heterocycles. The molecule has 43 heavy (non-hydrogen) atoms. The van der Waals surface area contributed by atoms with E-state index in [0.29, 0.717) is 6.42 Å². The van der Waals surface area contributed by atoms with Crippen LogP contribution in [0, 0.1) is 0 Å². The van der Waals surface area contributed by atoms with Gasteiger partial charge in [0, 0.05) is 13.7 Å². The third kappa shape index (κ3) is 9.22. The van der Waals surface area contributed by atoms with E-state index in [1.807, 2.05) is 0 Å². The van der Waals surface area contributed by atoms with Crippen molar-refractivity contribution in [3.05, 3.63) is 0 Å². The van der Waals surface area contributed by atoms with Gasteiger partial charge in [-0.25, -0.2) is 0 Å². The van der Waals surface area contributed by atoms with Gasteiger partial charge in [0.1, 0.15) is 73.2 Å². The molecule has 0 radical (unpaired) electrons. The van der Waals surface area contributed by atoms with Crippen LogP contribution in [0.5, 0.6) is 0 Å². The Bertz CT molecular complexity index is 775. The van der Waals surface area contributed by atoms with Crippen molar-refractivity contribution in [2.45, 2.75) is 138 Å². The molecule has 3 rings (SSSR count). The molecule has 0 bridgehead atoms. The van der Waals surface area contributed by atoms with Crippen LogP contribution in [0.4, 0.5) is 0 Å². The molecule has 9 N–H and O–H groups in total. The van der Waals surface area contributed by atoms with Crippen molar-refractivity contribution in [2.75, 3.05) is 33.5 Å². The normalized spacial score (nSPS) is 44.0. The van der Waals surface area contributed by atoms with Gasteiger partial charge in [-0.1, -0.05) is 39.0 Å². The van der Waals surface area contributed by atoms with Gasteiger partial charge in [-0.15, -0.1) is 0 Å². The molecular formula is C27H50O16. The first-order valence-corrected chi connectivity index (χ1v) is 15.0. The minimum absolute atomic E-state index is 0.209. The third-order valence-corrected chi connectivity index (χ3v) is 8.08. The van der Waals surface area contributed by atoms with Gasteiger partial charge in [0.15, 0.2) is 18.9 Å². The van der Waals surface area contributed by atoms with Gasteiger partial charge in [-0.05, 0) is 6.42 Å². The quantitative estimate of drug-likeness (QED) is 0.0750. The highest BCUT2D eigenvalue weighted by Crippen LogP contribution is 2.31. The van der Waals surface area contributed by atoms with Crippen molar-refractivity contribution in [1.29, 1.82) is 0 Å². The maximum absolute atomic E-state index is 11.1. The van der Waals surface area contributed by atoms with Crippen molar-refractivity contribution < 1.29 is 79.1 Å². The molecule has 0 aromatic heterocycles. The zero-order valence-electron chi connectivity index (χ0n) is 24.6. The number of ether oxygens (including phenoxy) is 7. The van der Waals surface area contributed by atoms with E-state index in [4.69, 9.17) is 33.2 Å². The number of methoxy groups -OCH3 is 1. The summed E-state index contributed by atoms with van der Waals surface area (Å²) in [5.74, 6) is 0. The van der Waals surface area contributed by atoms with Crippen LogP contribution in [0.2, 0.25) is 0 Å². The molecule has 0 aromatic rings. The van der Waals surface area contributed by atoms with Crippen molar-refractivity contribution in [3.8, 4) is 0 Å². The van der Waals surface area contributed by atoms with Crippen LogP contribution >= 0.6 is 0 Å². The predicted molar refractivity (Wildman–Crippen MR) is 143 cm³/mol. The van der Waals surface area contributed by atoms with Crippen LogP contribution in [0.1, 0.15) is 45.4 Å². The summed E-state index contributed by atoms with van der Waals surface area (Å²) in [6.45, 7) is 0.585. The summed E-state index contributed by atoms with van der Waals surface area (Å²) in [6, 6.07) is 0. The van der Waals surface area contributed by atoms with E-state index in [1.165, 1.54) is 7.11 Å². The van der Waals surface area contributed by atoms with Gasteiger partial charge in [-0.3, -0.25) is 0 Å². The van der Waals surface area contributed by atoms with Crippen molar-refractivity contribution in [1.82, 2.24) is 0 Å². The average Bonchev–Trinajstić information content (AvgIpc) is 3.00. The lowest BCUT2D eigenvalue weighted by molar-refractivity contribution is -0.367. The van der Waals surface area contributed by atoms with Crippen molar-refractivity contribution in [3.63, 3.8) is 0 Å². The number of rotatable bonds is 16. The first-order valence-electron chi connectivity index (χ1n) is 15.0. The second-order valence-electron chi connectivity index (χ2n) is 11.2. The van der Waals surface area contributed by atoms with Crippen LogP contribution in [0.15, 0.2) is 0 Å². The summed E-state index contributed by atoms with van der Waals surface area (Å²) in [5.41, 5.74) is 0. The Morgan fingerprint density at radius 1 is 0.535 bits per heavy atom. The van der Waals surface area contributed by atoms with Crippen LogP contribution in [0.3, 0.4) is 0 Å². The zero-order chi connectivity index (χ0) is 31.7. The predicted octanol–water partition coefficient (Wildman–Crippen LogP) is -3.53. The Balaban J connectivity index is 1.71. The highest BCUT2D eigenvalue weighted by molar-refractivity contribution is 4.95. The number of aliphatic hydroxyl groups excluding tert-OH is 9. The Morgan fingerprint density at radius 3 is 1.77 bits per heavy atom. The number of hydrogen-bond donors (Lipinski definition) is 9. The Kier molecular flexibility index (Phi) is 15.3. The zero-order valence-corrected chi connectivity index (χ0v) is 24.6. The number of hydrogen-bond acceptors (Lipinski definition) is 16. The molecule has 16 heteroatoms. The standard InChI is InChI=1S/C27H50O16/c1-3-4-5-6-7-8-9-38-26-22(36)24(43-27-21(35)19(33)23(37-2)14(11-29)41-27)17(31)15(42-26)12-39-25-20(34)18(32)16(30)13(10-28)40-25/h13-36H,3-12H2,1-2H3/t13-,14-,15-,16-,17-,18+,19-,20+,21+,22+,23-,24+,25+,26-,27-/m1/s1. The molecule has 0 spiro atoms. The molecule has 3 aliphatic rings. The highest BCUT2D eigenvalue weighted by Gasteiger charge is 2.52. The third-order valence-electron chi connectivity index (χ3n) is 8.08. The van der Waals surface area contributed by atoms with E-state index in [0.717, 1.165) is 32.1 Å². The average molecular weight is 631 g/mol. The SMILES string of the molecule is CCCCCCCCO[C@@H]1O[C@H](CO[C@H]2O[C@H](CO)[C@@H](O)[C@H](O)[C@@H]2O)[C@@H](O)[C@H](O[C@H]2O[C@H](CO)[C@@H](OC)[C@H](O)[C@@H]2O)[C@@H]1O. The Labute approximate surface area is 250 Å². The molecule has 0 aromatic carbocycles. The number of unbranched alkanes of at least 4 members (excludes halogenated alkanes) is 5. The fourth-order valence-corrected chi connectivity index (χ4v) is 5.43. The van der Waals surface area contributed by atoms with Gasteiger partial charge in [0.25, 0.3) is 0 Å². The number of aliphatic hydroxyl groups is 9. The van der Waals surface area contributed by atoms with E-state index < -0.39 is 112 Å². The van der Waals surface area contributed by atoms with E-state index >= 15 is 0 Å². The fraction of sp³-hybridized carbons (Fsp3) is 1.00. The maximum Gasteiger partial charge on any atom is 0.187 e. The summed E-state index contributed by atoms with van der Waals surface area (Å²) in [5, 5.41) is 92.9. The van der Waals surface area contributed by atoms with Crippen LogP contribution in [0.25, 0.3) is 0 Å². The van der Waals surface area contributed by atoms with E-state index in [1.54, 1.807) is 0 Å². The van der Waals surface area contributed by atoms with Gasteiger partial charge in [0.2, 0.25) is 0 Å². The molecule has 0 aliphatic carbocycles. The monoisotopic (exact) mass is 630 g/mol. The summed E-state index contributed by atoms with van der Waals surface area (Å²) in [7, 11) is 1.27. The summed E-state index contributed by atoms with van der Waals surface area (Å²) < 4.78 is 39.0. The lowest BCUT2D eigenvalue weighted by Crippen LogP contribution is -2.65. The largest absolute Gasteiger partial charge is 0.394 e. The fourth-order valence-electron chi connectivity index (χ4n) is 5.43. The van der Waals surface area contributed by atoms with Crippen molar-refractivity contribution in [2.24, 2.45) is 0 Å². The van der Waals surface area contributed by atoms with Crippen LogP contribution in [-0.2, 0) is 33.2 Å². The second kappa shape index (κ2) is 17.9. The highest BCUT2D eigenvalue weighted by atomic mass is 16.7. The molecule has 15 atom stereocenters. The molecule has 3 aliphatic heterocycles.